The summed E-state index contributed by atoms with van der Waals surface area (Å²) in [5, 5.41) is 41.2. The van der Waals surface area contributed by atoms with Crippen LogP contribution < -0.4 is 5.73 Å². The van der Waals surface area contributed by atoms with Gasteiger partial charge in [0, 0.05) is 0 Å². The van der Waals surface area contributed by atoms with Gasteiger partial charge in [0.15, 0.2) is 6.61 Å². The van der Waals surface area contributed by atoms with E-state index in [0.29, 0.717) is 0 Å². The van der Waals surface area contributed by atoms with Crippen molar-refractivity contribution < 1.29 is 44.8 Å². The van der Waals surface area contributed by atoms with E-state index in [1.807, 2.05) is 0 Å². The molecule has 0 bridgehead atoms. The molecule has 1 amide bonds. The molecule has 1 unspecified atom stereocenters. The number of amides is 1. The number of carbonyl (C=O) groups excluding carboxylic acids is 1. The number of hydrogen-bond acceptors (Lipinski definition) is 9. The Kier molecular flexibility index (Phi) is 5.84. The molecule has 0 spiro atoms. The molecule has 1 fully saturated rings. The largest absolute Gasteiger partial charge is 0.394 e. The SMILES string of the molecule is NC(=O)COOOC1O[C@H](CO)[C@@H](O)[C@H](O)[C@H]1O. The van der Waals surface area contributed by atoms with Crippen LogP contribution in [0.2, 0.25) is 0 Å². The summed E-state index contributed by atoms with van der Waals surface area (Å²) in [5.41, 5.74) is 4.74. The molecule has 10 nitrogen and oxygen atoms in total. The fraction of sp³-hybridized carbons (Fsp3) is 0.875. The van der Waals surface area contributed by atoms with Gasteiger partial charge < -0.3 is 30.9 Å². The molecule has 0 aromatic carbocycles. The van der Waals surface area contributed by atoms with Crippen LogP contribution in [0.15, 0.2) is 0 Å². The summed E-state index contributed by atoms with van der Waals surface area (Å²) in [6.45, 7) is -1.19. The quantitative estimate of drug-likeness (QED) is 0.185. The molecule has 18 heavy (non-hydrogen) atoms. The smallest absolute Gasteiger partial charge is 0.246 e. The second kappa shape index (κ2) is 6.92. The Morgan fingerprint density at radius 1 is 1.22 bits per heavy atom. The molecule has 0 saturated carbocycles. The van der Waals surface area contributed by atoms with Crippen LogP contribution in [0.4, 0.5) is 0 Å². The second-order valence-corrected chi connectivity index (χ2v) is 3.59. The second-order valence-electron chi connectivity index (χ2n) is 3.59. The summed E-state index contributed by atoms with van der Waals surface area (Å²) in [6, 6.07) is 0. The van der Waals surface area contributed by atoms with E-state index in [1.165, 1.54) is 0 Å². The minimum absolute atomic E-state index is 0.586. The first-order valence-corrected chi connectivity index (χ1v) is 5.01. The van der Waals surface area contributed by atoms with Gasteiger partial charge in [-0.15, -0.1) is 0 Å². The Bertz CT molecular complexity index is 273. The monoisotopic (exact) mass is 269 g/mol. The molecule has 1 saturated heterocycles. The number of aliphatic hydroxyl groups is 4. The highest BCUT2D eigenvalue weighted by Gasteiger charge is 2.44. The average Bonchev–Trinajstić information content (AvgIpc) is 2.34. The Morgan fingerprint density at radius 2 is 1.89 bits per heavy atom. The number of nitrogens with two attached hydrogens (primary N) is 1. The zero-order chi connectivity index (χ0) is 13.7. The lowest BCUT2D eigenvalue weighted by Crippen LogP contribution is -2.59. The standard InChI is InChI=1S/C8H15NO9/c9-4(11)2-15-18-17-8-7(14)6(13)5(12)3(1-10)16-8/h3,5-8,10,12-14H,1-2H2,(H2,9,11)/t3-,5-,6+,7-,8?/m1/s1. The van der Waals surface area contributed by atoms with Crippen molar-refractivity contribution in [3.8, 4) is 0 Å². The van der Waals surface area contributed by atoms with Crippen molar-refractivity contribution in [3.63, 3.8) is 0 Å². The molecule has 0 radical (unpaired) electrons. The number of carbonyl (C=O) groups is 1. The summed E-state index contributed by atoms with van der Waals surface area (Å²) in [4.78, 5) is 18.9. The molecular formula is C8H15NO9. The first kappa shape index (κ1) is 15.2. The lowest BCUT2D eigenvalue weighted by atomic mass is 9.99. The van der Waals surface area contributed by atoms with Crippen LogP contribution in [0.3, 0.4) is 0 Å². The molecule has 1 aliphatic rings. The van der Waals surface area contributed by atoms with E-state index in [4.69, 9.17) is 15.6 Å². The molecule has 10 heteroatoms. The van der Waals surface area contributed by atoms with E-state index >= 15 is 0 Å². The summed E-state index contributed by atoms with van der Waals surface area (Å²) >= 11 is 0. The number of rotatable bonds is 6. The van der Waals surface area contributed by atoms with Gasteiger partial charge in [-0.05, 0) is 0 Å². The zero-order valence-electron chi connectivity index (χ0n) is 9.21. The fourth-order valence-corrected chi connectivity index (χ4v) is 1.30. The van der Waals surface area contributed by atoms with Crippen molar-refractivity contribution in [1.82, 2.24) is 0 Å². The first-order valence-electron chi connectivity index (χ1n) is 5.01. The third-order valence-corrected chi connectivity index (χ3v) is 2.23. The molecule has 1 rings (SSSR count). The maximum atomic E-state index is 10.3. The predicted molar refractivity (Wildman–Crippen MR) is 51.1 cm³/mol. The van der Waals surface area contributed by atoms with Crippen molar-refractivity contribution in [2.45, 2.75) is 30.7 Å². The molecule has 106 valence electrons. The highest BCUT2D eigenvalue weighted by atomic mass is 17.5. The van der Waals surface area contributed by atoms with Crippen LogP contribution in [0.25, 0.3) is 0 Å². The van der Waals surface area contributed by atoms with Crippen LogP contribution in [0, 0.1) is 0 Å². The van der Waals surface area contributed by atoms with Crippen molar-refractivity contribution in [2.24, 2.45) is 5.73 Å². The van der Waals surface area contributed by atoms with E-state index in [0.717, 1.165) is 0 Å². The van der Waals surface area contributed by atoms with Gasteiger partial charge in [0.1, 0.15) is 24.4 Å². The van der Waals surface area contributed by atoms with Gasteiger partial charge in [-0.1, -0.05) is 5.04 Å². The molecule has 0 aromatic heterocycles. The third kappa shape index (κ3) is 3.83. The van der Waals surface area contributed by atoms with E-state index in [2.05, 4.69) is 14.8 Å². The summed E-state index contributed by atoms with van der Waals surface area (Å²) in [7, 11) is 0. The lowest BCUT2D eigenvalue weighted by molar-refractivity contribution is -0.558. The van der Waals surface area contributed by atoms with Gasteiger partial charge >= 0.3 is 0 Å². The van der Waals surface area contributed by atoms with Gasteiger partial charge in [0.25, 0.3) is 0 Å². The van der Waals surface area contributed by atoms with Gasteiger partial charge in [-0.25, -0.2) is 0 Å². The number of hydrogen-bond donors (Lipinski definition) is 5. The summed E-state index contributed by atoms with van der Waals surface area (Å²) in [6.07, 6.45) is -7.36. The average molecular weight is 269 g/mol. The maximum Gasteiger partial charge on any atom is 0.246 e. The molecule has 6 N–H and O–H groups in total. The molecule has 0 aromatic rings. The summed E-state index contributed by atoms with van der Waals surface area (Å²) in [5.74, 6) is -0.813. The van der Waals surface area contributed by atoms with E-state index in [9.17, 15) is 20.1 Å². The van der Waals surface area contributed by atoms with Gasteiger partial charge in [0.05, 0.1) is 6.61 Å². The minimum atomic E-state index is -1.63. The van der Waals surface area contributed by atoms with Crippen LogP contribution in [-0.4, -0.2) is 70.3 Å². The first-order chi connectivity index (χ1) is 8.47. The van der Waals surface area contributed by atoms with E-state index < -0.39 is 49.8 Å². The Hall–Kier alpha value is -0.850. The topological polar surface area (TPSA) is 161 Å². The highest BCUT2D eigenvalue weighted by molar-refractivity contribution is 5.74. The van der Waals surface area contributed by atoms with E-state index in [-0.39, 0.29) is 0 Å². The molecule has 0 aliphatic carbocycles. The molecular weight excluding hydrogens is 254 g/mol. The molecule has 1 heterocycles. The van der Waals surface area contributed by atoms with Gasteiger partial charge in [-0.3, -0.25) is 4.79 Å². The highest BCUT2D eigenvalue weighted by Crippen LogP contribution is 2.21. The maximum absolute atomic E-state index is 10.3. The van der Waals surface area contributed by atoms with Crippen LogP contribution in [0.5, 0.6) is 0 Å². The summed E-state index contributed by atoms with van der Waals surface area (Å²) < 4.78 is 4.88. The minimum Gasteiger partial charge on any atom is -0.394 e. The lowest BCUT2D eigenvalue weighted by Gasteiger charge is -2.38. The molecule has 5 atom stereocenters. The number of aliphatic hydroxyl groups excluding tert-OH is 4. The van der Waals surface area contributed by atoms with Crippen LogP contribution in [-0.2, 0) is 24.3 Å². The van der Waals surface area contributed by atoms with Crippen molar-refractivity contribution in [2.75, 3.05) is 13.2 Å². The number of ether oxygens (including phenoxy) is 1. The Balaban J connectivity index is 2.41. The van der Waals surface area contributed by atoms with Gasteiger partial charge in [0.2, 0.25) is 12.2 Å². The fourth-order valence-electron chi connectivity index (χ4n) is 1.30. The van der Waals surface area contributed by atoms with Crippen molar-refractivity contribution in [3.05, 3.63) is 0 Å². The van der Waals surface area contributed by atoms with Gasteiger partial charge in [-0.2, -0.15) is 9.78 Å². The zero-order valence-corrected chi connectivity index (χ0v) is 9.21. The van der Waals surface area contributed by atoms with Crippen LogP contribution in [0.1, 0.15) is 0 Å². The normalized spacial score (nSPS) is 36.6. The van der Waals surface area contributed by atoms with Crippen LogP contribution >= 0.6 is 0 Å². The predicted octanol–water partition coefficient (Wildman–Crippen LogP) is -3.85. The van der Waals surface area contributed by atoms with Crippen molar-refractivity contribution in [1.29, 1.82) is 0 Å². The Labute approximate surface area is 101 Å². The molecule has 1 aliphatic heterocycles. The van der Waals surface area contributed by atoms with Crippen molar-refractivity contribution >= 4 is 5.91 Å². The Morgan fingerprint density at radius 3 is 2.44 bits per heavy atom. The van der Waals surface area contributed by atoms with E-state index in [1.54, 1.807) is 0 Å². The number of primary amides is 1. The third-order valence-electron chi connectivity index (χ3n) is 2.23.